The van der Waals surface area contributed by atoms with Crippen molar-refractivity contribution < 1.29 is 28.3 Å². The van der Waals surface area contributed by atoms with Gasteiger partial charge in [-0.05, 0) is 62.8 Å². The molecule has 1 saturated heterocycles. The first-order valence-electron chi connectivity index (χ1n) is 12.8. The van der Waals surface area contributed by atoms with Crippen molar-refractivity contribution in [2.24, 2.45) is 29.1 Å². The van der Waals surface area contributed by atoms with E-state index in [9.17, 15) is 14.7 Å². The minimum atomic E-state index is -2.44. The van der Waals surface area contributed by atoms with Crippen LogP contribution < -0.4 is 0 Å². The molecule has 0 aromatic carbocycles. The van der Waals surface area contributed by atoms with Crippen LogP contribution in [0.1, 0.15) is 77.2 Å². The van der Waals surface area contributed by atoms with Gasteiger partial charge < -0.3 is 14.6 Å². The molecular formula is C25H38O5. The second-order valence-corrected chi connectivity index (χ2v) is 9.70. The van der Waals surface area contributed by atoms with Gasteiger partial charge in [0.15, 0.2) is 0 Å². The molecule has 1 fully saturated rings. The van der Waals surface area contributed by atoms with E-state index in [1.165, 1.54) is 6.92 Å². The van der Waals surface area contributed by atoms with E-state index >= 15 is 0 Å². The van der Waals surface area contributed by atoms with Gasteiger partial charge in [-0.2, -0.15) is 0 Å². The van der Waals surface area contributed by atoms with E-state index < -0.39 is 30.4 Å². The fraction of sp³-hybridized carbons (Fsp3) is 0.760. The maximum Gasteiger partial charge on any atom is 0.311 e. The molecule has 3 aliphatic rings. The minimum absolute atomic E-state index is 0.0351. The van der Waals surface area contributed by atoms with E-state index in [1.54, 1.807) is 6.92 Å². The van der Waals surface area contributed by atoms with Crippen molar-refractivity contribution in [1.29, 1.82) is 0 Å². The van der Waals surface area contributed by atoms with Crippen LogP contribution in [0, 0.1) is 29.1 Å². The van der Waals surface area contributed by atoms with E-state index in [-0.39, 0.29) is 48.6 Å². The lowest BCUT2D eigenvalue weighted by molar-refractivity contribution is -0.166. The third kappa shape index (κ3) is 5.16. The summed E-state index contributed by atoms with van der Waals surface area (Å²) < 4.78 is 35.1. The molecule has 5 nitrogen and oxygen atoms in total. The highest BCUT2D eigenvalue weighted by Crippen LogP contribution is 2.45. The highest BCUT2D eigenvalue weighted by Gasteiger charge is 2.43. The van der Waals surface area contributed by atoms with Gasteiger partial charge in [0.25, 0.3) is 0 Å². The number of aliphatic hydroxyl groups is 1. The van der Waals surface area contributed by atoms with Gasteiger partial charge in [0.05, 0.1) is 17.9 Å². The minimum Gasteiger partial charge on any atom is -0.462 e. The molecule has 1 unspecified atom stereocenters. The lowest BCUT2D eigenvalue weighted by Crippen LogP contribution is -2.43. The smallest absolute Gasteiger partial charge is 0.311 e. The Morgan fingerprint density at radius 3 is 2.80 bits per heavy atom. The van der Waals surface area contributed by atoms with Crippen LogP contribution in [0.15, 0.2) is 23.8 Å². The number of carbonyl (C=O) groups is 2. The van der Waals surface area contributed by atoms with E-state index in [4.69, 9.17) is 13.6 Å². The lowest BCUT2D eigenvalue weighted by atomic mass is 9.65. The zero-order valence-corrected chi connectivity index (χ0v) is 18.6. The first kappa shape index (κ1) is 19.1. The molecule has 0 aromatic heterocycles. The normalized spacial score (nSPS) is 40.0. The summed E-state index contributed by atoms with van der Waals surface area (Å²) in [5.41, 5.74) is -0.419. The Balaban J connectivity index is 1.80. The highest BCUT2D eigenvalue weighted by atomic mass is 16.6. The molecule has 3 rings (SSSR count). The number of cyclic esters (lactones) is 1. The van der Waals surface area contributed by atoms with Crippen molar-refractivity contribution in [1.82, 2.24) is 0 Å². The van der Waals surface area contributed by atoms with E-state index in [0.29, 0.717) is 19.3 Å². The molecular weight excluding hydrogens is 380 g/mol. The molecule has 1 N–H and O–H groups in total. The van der Waals surface area contributed by atoms with Gasteiger partial charge >= 0.3 is 11.9 Å². The maximum absolute atomic E-state index is 13.2. The molecule has 1 aliphatic heterocycles. The molecule has 0 aromatic rings. The summed E-state index contributed by atoms with van der Waals surface area (Å²) in [6.07, 6.45) is 7.82. The van der Waals surface area contributed by atoms with Crippen LogP contribution in [0.4, 0.5) is 0 Å². The Kier molecular flexibility index (Phi) is 5.89. The van der Waals surface area contributed by atoms with Crippen LogP contribution in [0.5, 0.6) is 0 Å². The van der Waals surface area contributed by atoms with Gasteiger partial charge in [0.1, 0.15) is 12.2 Å². The van der Waals surface area contributed by atoms with Crippen molar-refractivity contribution in [2.45, 2.75) is 91.4 Å². The predicted octanol–water partition coefficient (Wildman–Crippen LogP) is 4.59. The topological polar surface area (TPSA) is 72.8 Å². The van der Waals surface area contributed by atoms with Crippen LogP contribution in [0.2, 0.25) is 0 Å². The molecule has 2 aliphatic carbocycles. The lowest BCUT2D eigenvalue weighted by Gasteiger charge is -2.44. The van der Waals surface area contributed by atoms with Crippen molar-refractivity contribution >= 4 is 11.9 Å². The summed E-state index contributed by atoms with van der Waals surface area (Å²) in [6, 6.07) is 0. The molecule has 8 atom stereocenters. The quantitative estimate of drug-likeness (QED) is 0.635. The molecule has 0 amide bonds. The van der Waals surface area contributed by atoms with Gasteiger partial charge in [0.2, 0.25) is 0 Å². The number of esters is 2. The number of ether oxygens (including phenoxy) is 2. The van der Waals surface area contributed by atoms with Crippen molar-refractivity contribution in [3.8, 4) is 0 Å². The zero-order chi connectivity index (χ0) is 24.6. The Morgan fingerprint density at radius 1 is 1.37 bits per heavy atom. The number of allylic oxidation sites excluding steroid dienone is 3. The molecule has 5 heteroatoms. The number of aliphatic hydroxyl groups excluding tert-OH is 1. The third-order valence-corrected chi connectivity index (χ3v) is 7.07. The Hall–Kier alpha value is -1.62. The van der Waals surface area contributed by atoms with E-state index in [0.717, 1.165) is 12.0 Å². The van der Waals surface area contributed by atoms with Crippen LogP contribution in [0.3, 0.4) is 0 Å². The average molecular weight is 422 g/mol. The summed E-state index contributed by atoms with van der Waals surface area (Å²) in [5, 5.41) is 9.94. The van der Waals surface area contributed by atoms with E-state index in [2.05, 4.69) is 32.1 Å². The zero-order valence-electron chi connectivity index (χ0n) is 21.6. The average Bonchev–Trinajstić information content (AvgIpc) is 2.70. The van der Waals surface area contributed by atoms with Crippen LogP contribution in [-0.2, 0) is 19.1 Å². The number of hydrogen-bond acceptors (Lipinski definition) is 5. The SMILES string of the molecule is [2H]C([2H])([2H])C(C)(CC)C(=O)O[C@H]1C[C@@H](C)C=C2C=C[C@H](C)[C@H](CC[C@@H]3C[C@@H](O)CC(=O)O3)[C@H]21. The van der Waals surface area contributed by atoms with Crippen molar-refractivity contribution in [3.05, 3.63) is 23.8 Å². The van der Waals surface area contributed by atoms with Gasteiger partial charge in [-0.3, -0.25) is 9.59 Å². The number of fused-ring (bicyclic) bond motifs is 1. The molecule has 30 heavy (non-hydrogen) atoms. The molecule has 0 radical (unpaired) electrons. The van der Waals surface area contributed by atoms with Gasteiger partial charge in [-0.1, -0.05) is 39.0 Å². The van der Waals surface area contributed by atoms with Crippen LogP contribution >= 0.6 is 0 Å². The van der Waals surface area contributed by atoms with Crippen molar-refractivity contribution in [3.63, 3.8) is 0 Å². The molecule has 1 heterocycles. The van der Waals surface area contributed by atoms with E-state index in [1.807, 2.05) is 0 Å². The Bertz CT molecular complexity index is 804. The first-order chi connectivity index (χ1) is 15.4. The van der Waals surface area contributed by atoms with Gasteiger partial charge in [-0.25, -0.2) is 0 Å². The molecule has 0 spiro atoms. The predicted molar refractivity (Wildman–Crippen MR) is 115 cm³/mol. The summed E-state index contributed by atoms with van der Waals surface area (Å²) in [6.45, 7) is 4.94. The summed E-state index contributed by atoms with van der Waals surface area (Å²) in [4.78, 5) is 24.9. The third-order valence-electron chi connectivity index (χ3n) is 7.07. The van der Waals surface area contributed by atoms with Crippen LogP contribution in [-0.4, -0.2) is 35.4 Å². The van der Waals surface area contributed by atoms with Gasteiger partial charge in [-0.15, -0.1) is 0 Å². The fourth-order valence-corrected chi connectivity index (χ4v) is 5.05. The van der Waals surface area contributed by atoms with Gasteiger partial charge in [0, 0.05) is 16.5 Å². The second-order valence-electron chi connectivity index (χ2n) is 9.70. The van der Waals surface area contributed by atoms with Crippen molar-refractivity contribution in [2.75, 3.05) is 0 Å². The molecule has 168 valence electrons. The number of hydrogen-bond donors (Lipinski definition) is 1. The maximum atomic E-state index is 13.2. The summed E-state index contributed by atoms with van der Waals surface area (Å²) in [5.74, 6) is -0.461. The summed E-state index contributed by atoms with van der Waals surface area (Å²) in [7, 11) is 0. The highest BCUT2D eigenvalue weighted by molar-refractivity contribution is 5.76. The van der Waals surface area contributed by atoms with Crippen LogP contribution in [0.25, 0.3) is 0 Å². The molecule has 0 saturated carbocycles. The second kappa shape index (κ2) is 9.25. The standard InChI is InChI=1S/C25H38O5/c1-6-25(4,5)24(28)30-21-12-15(2)11-17-8-7-16(3)20(23(17)21)10-9-19-13-18(26)14-22(27)29-19/h7-8,11,15-16,18-21,23,26H,6,9-10,12-14H2,1-5H3/t15-,16-,18+,19+,20-,21-,23-/m0/s1/i4D3/t15-,16-,18+,19+,20-,21-,23-,25?. The first-order valence-corrected chi connectivity index (χ1v) is 11.3. The Labute approximate surface area is 185 Å². The largest absolute Gasteiger partial charge is 0.462 e. The monoisotopic (exact) mass is 421 g/mol. The Morgan fingerprint density at radius 2 is 2.13 bits per heavy atom. The number of rotatable bonds is 6. The molecule has 0 bridgehead atoms. The fourth-order valence-electron chi connectivity index (χ4n) is 5.05. The summed E-state index contributed by atoms with van der Waals surface area (Å²) >= 11 is 0. The number of carbonyl (C=O) groups excluding carboxylic acids is 2.